The molecule has 7 nitrogen and oxygen atoms in total. The number of imide groups is 1. The van der Waals surface area contributed by atoms with E-state index in [2.05, 4.69) is 0 Å². The molecule has 2 heterocycles. The third-order valence-corrected chi connectivity index (χ3v) is 4.14. The van der Waals surface area contributed by atoms with Gasteiger partial charge in [-0.15, -0.1) is 0 Å². The number of benzene rings is 1. The number of rotatable bonds is 5. The molecule has 0 bridgehead atoms. The summed E-state index contributed by atoms with van der Waals surface area (Å²) in [7, 11) is 1.54. The first-order valence-corrected chi connectivity index (χ1v) is 7.81. The SMILES string of the molecule is COc1ccc(N2C(=O)CC(N(Cc3ccco3)C(C)=O)C2=O)cc1. The molecule has 1 unspecified atom stereocenters. The van der Waals surface area contributed by atoms with Crippen LogP contribution in [0.1, 0.15) is 19.1 Å². The summed E-state index contributed by atoms with van der Waals surface area (Å²) in [5.74, 6) is 0.128. The second-order valence-corrected chi connectivity index (χ2v) is 5.71. The fourth-order valence-corrected chi connectivity index (χ4v) is 2.87. The Morgan fingerprint density at radius 3 is 2.56 bits per heavy atom. The molecule has 1 aliphatic rings. The van der Waals surface area contributed by atoms with E-state index in [9.17, 15) is 14.4 Å². The Hall–Kier alpha value is -3.09. The van der Waals surface area contributed by atoms with Crippen molar-refractivity contribution < 1.29 is 23.5 Å². The maximum Gasteiger partial charge on any atom is 0.257 e. The molecule has 2 aromatic rings. The minimum atomic E-state index is -0.836. The highest BCUT2D eigenvalue weighted by Crippen LogP contribution is 2.28. The third-order valence-electron chi connectivity index (χ3n) is 4.14. The van der Waals surface area contributed by atoms with E-state index in [0.29, 0.717) is 17.2 Å². The van der Waals surface area contributed by atoms with Crippen LogP contribution in [0.25, 0.3) is 0 Å². The van der Waals surface area contributed by atoms with Gasteiger partial charge in [0, 0.05) is 6.92 Å². The molecule has 7 heteroatoms. The number of hydrogen-bond acceptors (Lipinski definition) is 5. The third kappa shape index (κ3) is 3.26. The Balaban J connectivity index is 1.84. The summed E-state index contributed by atoms with van der Waals surface area (Å²) >= 11 is 0. The molecular weight excluding hydrogens is 324 g/mol. The number of amides is 3. The molecule has 1 fully saturated rings. The quantitative estimate of drug-likeness (QED) is 0.776. The van der Waals surface area contributed by atoms with Crippen LogP contribution in [0.5, 0.6) is 5.75 Å². The van der Waals surface area contributed by atoms with Crippen LogP contribution in [0.3, 0.4) is 0 Å². The van der Waals surface area contributed by atoms with Gasteiger partial charge in [-0.25, -0.2) is 4.90 Å². The number of carbonyl (C=O) groups excluding carboxylic acids is 3. The van der Waals surface area contributed by atoms with E-state index >= 15 is 0 Å². The van der Waals surface area contributed by atoms with Gasteiger partial charge in [0.15, 0.2) is 0 Å². The number of furan rings is 1. The monoisotopic (exact) mass is 342 g/mol. The predicted molar refractivity (Wildman–Crippen MR) is 88.8 cm³/mol. The summed E-state index contributed by atoms with van der Waals surface area (Å²) in [6, 6.07) is 9.22. The Labute approximate surface area is 144 Å². The minimum Gasteiger partial charge on any atom is -0.497 e. The van der Waals surface area contributed by atoms with Gasteiger partial charge in [0.1, 0.15) is 17.6 Å². The lowest BCUT2D eigenvalue weighted by molar-refractivity contribution is -0.137. The van der Waals surface area contributed by atoms with Gasteiger partial charge in [-0.2, -0.15) is 0 Å². The molecule has 1 saturated heterocycles. The lowest BCUT2D eigenvalue weighted by Crippen LogP contribution is -2.44. The van der Waals surface area contributed by atoms with Crippen LogP contribution >= 0.6 is 0 Å². The van der Waals surface area contributed by atoms with Crippen molar-refractivity contribution in [3.8, 4) is 5.75 Å². The van der Waals surface area contributed by atoms with E-state index in [1.807, 2.05) is 0 Å². The highest BCUT2D eigenvalue weighted by molar-refractivity contribution is 6.23. The van der Waals surface area contributed by atoms with Gasteiger partial charge >= 0.3 is 0 Å². The minimum absolute atomic E-state index is 0.0504. The zero-order valence-electron chi connectivity index (χ0n) is 14.0. The first kappa shape index (κ1) is 16.8. The average molecular weight is 342 g/mol. The topological polar surface area (TPSA) is 80.1 Å². The van der Waals surface area contributed by atoms with Crippen molar-refractivity contribution in [2.75, 3.05) is 12.0 Å². The number of nitrogens with zero attached hydrogens (tertiary/aromatic N) is 2. The summed E-state index contributed by atoms with van der Waals surface area (Å²) in [6.07, 6.45) is 1.45. The second-order valence-electron chi connectivity index (χ2n) is 5.71. The summed E-state index contributed by atoms with van der Waals surface area (Å²) in [4.78, 5) is 39.7. The molecule has 1 atom stereocenters. The van der Waals surface area contributed by atoms with Crippen molar-refractivity contribution in [2.24, 2.45) is 0 Å². The van der Waals surface area contributed by atoms with Gasteiger partial charge in [-0.1, -0.05) is 0 Å². The molecule has 0 aliphatic carbocycles. The number of anilines is 1. The number of hydrogen-bond donors (Lipinski definition) is 0. The fraction of sp³-hybridized carbons (Fsp3) is 0.278. The molecule has 0 N–H and O–H groups in total. The van der Waals surface area contributed by atoms with Crippen LogP contribution in [0.15, 0.2) is 47.1 Å². The highest BCUT2D eigenvalue weighted by atomic mass is 16.5. The van der Waals surface area contributed by atoms with Crippen LogP contribution in [-0.2, 0) is 20.9 Å². The molecular formula is C18H18N2O5. The largest absolute Gasteiger partial charge is 0.497 e. The second kappa shape index (κ2) is 6.80. The van der Waals surface area contributed by atoms with Gasteiger partial charge in [-0.05, 0) is 36.4 Å². The van der Waals surface area contributed by atoms with Gasteiger partial charge < -0.3 is 14.1 Å². The van der Waals surface area contributed by atoms with E-state index in [0.717, 1.165) is 4.90 Å². The summed E-state index contributed by atoms with van der Waals surface area (Å²) in [5, 5.41) is 0. The van der Waals surface area contributed by atoms with E-state index < -0.39 is 11.9 Å². The van der Waals surface area contributed by atoms with Gasteiger partial charge in [0.05, 0.1) is 32.0 Å². The predicted octanol–water partition coefficient (Wildman–Crippen LogP) is 1.97. The maximum atomic E-state index is 12.8. The van der Waals surface area contributed by atoms with E-state index in [1.54, 1.807) is 36.4 Å². The fourth-order valence-electron chi connectivity index (χ4n) is 2.87. The highest BCUT2D eigenvalue weighted by Gasteiger charge is 2.43. The van der Waals surface area contributed by atoms with Crippen LogP contribution in [0, 0.1) is 0 Å². The van der Waals surface area contributed by atoms with Crippen LogP contribution in [0.2, 0.25) is 0 Å². The molecule has 25 heavy (non-hydrogen) atoms. The lowest BCUT2D eigenvalue weighted by atomic mass is 10.2. The van der Waals surface area contributed by atoms with Crippen molar-refractivity contribution in [3.63, 3.8) is 0 Å². The molecule has 1 aromatic carbocycles. The summed E-state index contributed by atoms with van der Waals surface area (Å²) < 4.78 is 10.3. The molecule has 0 radical (unpaired) electrons. The molecule has 130 valence electrons. The molecule has 1 aromatic heterocycles. The molecule has 1 aliphatic heterocycles. The average Bonchev–Trinajstić information content (AvgIpc) is 3.20. The lowest BCUT2D eigenvalue weighted by Gasteiger charge is -2.25. The van der Waals surface area contributed by atoms with E-state index in [4.69, 9.17) is 9.15 Å². The van der Waals surface area contributed by atoms with Crippen molar-refractivity contribution in [3.05, 3.63) is 48.4 Å². The van der Waals surface area contributed by atoms with Crippen molar-refractivity contribution >= 4 is 23.4 Å². The van der Waals surface area contributed by atoms with E-state index in [1.165, 1.54) is 25.2 Å². The van der Waals surface area contributed by atoms with Crippen molar-refractivity contribution in [2.45, 2.75) is 25.9 Å². The molecule has 0 saturated carbocycles. The molecule has 0 spiro atoms. The first-order valence-electron chi connectivity index (χ1n) is 7.81. The zero-order valence-corrected chi connectivity index (χ0v) is 14.0. The molecule has 3 amide bonds. The van der Waals surface area contributed by atoms with E-state index in [-0.39, 0.29) is 24.8 Å². The van der Waals surface area contributed by atoms with Gasteiger partial charge in [0.25, 0.3) is 5.91 Å². The van der Waals surface area contributed by atoms with Gasteiger partial charge in [-0.3, -0.25) is 14.4 Å². The Kier molecular flexibility index (Phi) is 4.56. The summed E-state index contributed by atoms with van der Waals surface area (Å²) in [5.41, 5.74) is 0.458. The standard InChI is InChI=1S/C18H18N2O5/c1-12(21)19(11-15-4-3-9-25-15)16-10-17(22)20(18(16)23)13-5-7-14(24-2)8-6-13/h3-9,16H,10-11H2,1-2H3. The first-order chi connectivity index (χ1) is 12.0. The van der Waals surface area contributed by atoms with Crippen LogP contribution in [0.4, 0.5) is 5.69 Å². The van der Waals surface area contributed by atoms with Crippen molar-refractivity contribution in [1.29, 1.82) is 0 Å². The van der Waals surface area contributed by atoms with Crippen LogP contribution in [-0.4, -0.2) is 35.8 Å². The van der Waals surface area contributed by atoms with Gasteiger partial charge in [0.2, 0.25) is 11.8 Å². The smallest absolute Gasteiger partial charge is 0.257 e. The van der Waals surface area contributed by atoms with Crippen LogP contribution < -0.4 is 9.64 Å². The Morgan fingerprint density at radius 2 is 2.00 bits per heavy atom. The Bertz CT molecular complexity index is 782. The maximum absolute atomic E-state index is 12.8. The number of carbonyl (C=O) groups is 3. The van der Waals surface area contributed by atoms with Crippen molar-refractivity contribution in [1.82, 2.24) is 4.90 Å². The normalized spacial score (nSPS) is 17.0. The Morgan fingerprint density at radius 1 is 1.28 bits per heavy atom. The summed E-state index contributed by atoms with van der Waals surface area (Å²) in [6.45, 7) is 1.51. The number of ether oxygens (including phenoxy) is 1. The molecule has 3 rings (SSSR count). The number of methoxy groups -OCH3 is 1. The zero-order chi connectivity index (χ0) is 18.0.